The van der Waals surface area contributed by atoms with Crippen LogP contribution >= 0.6 is 27.3 Å². The minimum Gasteiger partial charge on any atom is -0.217 e. The van der Waals surface area contributed by atoms with E-state index >= 15 is 0 Å². The van der Waals surface area contributed by atoms with E-state index in [1.807, 2.05) is 43.3 Å². The van der Waals surface area contributed by atoms with E-state index in [1.165, 1.54) is 16.9 Å². The molecule has 0 saturated carbocycles. The molecule has 0 aliphatic rings. The average Bonchev–Trinajstić information content (AvgIpc) is 3.37. The van der Waals surface area contributed by atoms with Gasteiger partial charge in [-0.1, -0.05) is 68.4 Å². The van der Waals surface area contributed by atoms with Crippen molar-refractivity contribution in [1.82, 2.24) is 34.8 Å². The van der Waals surface area contributed by atoms with Crippen LogP contribution in [0.3, 0.4) is 0 Å². The zero-order valence-electron chi connectivity index (χ0n) is 15.0. The molecule has 0 aliphatic carbocycles. The van der Waals surface area contributed by atoms with Crippen molar-refractivity contribution in [2.75, 3.05) is 0 Å². The predicted molar refractivity (Wildman–Crippen MR) is 112 cm³/mol. The molecule has 138 valence electrons. The number of rotatable bonds is 3. The van der Waals surface area contributed by atoms with Gasteiger partial charge in [0.15, 0.2) is 5.69 Å². The third-order valence-electron chi connectivity index (χ3n) is 4.48. The molecule has 5 rings (SSSR count). The van der Waals surface area contributed by atoms with Crippen molar-refractivity contribution >= 4 is 32.2 Å². The summed E-state index contributed by atoms with van der Waals surface area (Å²) in [5.41, 5.74) is 4.72. The molecule has 0 bridgehead atoms. The van der Waals surface area contributed by atoms with Gasteiger partial charge in [-0.25, -0.2) is 4.68 Å². The van der Waals surface area contributed by atoms with Gasteiger partial charge in [0.2, 0.25) is 10.8 Å². The Morgan fingerprint density at radius 1 is 0.929 bits per heavy atom. The first kappa shape index (κ1) is 17.2. The number of hydrogen-bond donors (Lipinski definition) is 0. The molecule has 0 spiro atoms. The maximum Gasteiger partial charge on any atom is 0.235 e. The second-order valence-corrected chi connectivity index (χ2v) is 8.19. The largest absolute Gasteiger partial charge is 0.235 e. The summed E-state index contributed by atoms with van der Waals surface area (Å²) in [6, 6.07) is 16.1. The molecule has 7 nitrogen and oxygen atoms in total. The Labute approximate surface area is 172 Å². The average molecular weight is 452 g/mol. The van der Waals surface area contributed by atoms with Crippen molar-refractivity contribution in [3.63, 3.8) is 0 Å². The van der Waals surface area contributed by atoms with E-state index in [0.717, 1.165) is 26.4 Å². The molecule has 3 heterocycles. The molecule has 0 saturated heterocycles. The molecule has 0 radical (unpaired) electrons. The lowest BCUT2D eigenvalue weighted by Crippen LogP contribution is -1.99. The first-order valence-electron chi connectivity index (χ1n) is 8.58. The van der Waals surface area contributed by atoms with Crippen LogP contribution in [0.15, 0.2) is 53.0 Å². The van der Waals surface area contributed by atoms with Gasteiger partial charge in [0.25, 0.3) is 0 Å². The molecule has 2 aromatic carbocycles. The van der Waals surface area contributed by atoms with Gasteiger partial charge in [-0.2, -0.15) is 9.61 Å². The summed E-state index contributed by atoms with van der Waals surface area (Å²) in [6.07, 6.45) is 0. The minimum absolute atomic E-state index is 0.584. The molecule has 5 aromatic rings. The van der Waals surface area contributed by atoms with Crippen LogP contribution < -0.4 is 0 Å². The lowest BCUT2D eigenvalue weighted by molar-refractivity contribution is 0.785. The summed E-state index contributed by atoms with van der Waals surface area (Å²) in [5, 5.41) is 22.8. The number of aromatic nitrogens is 7. The molecule has 0 atom stereocenters. The number of hydrogen-bond acceptors (Lipinski definition) is 6. The predicted octanol–water partition coefficient (Wildman–Crippen LogP) is 4.48. The smallest absolute Gasteiger partial charge is 0.217 e. The Bertz CT molecular complexity index is 1300. The number of aryl methyl sites for hydroxylation is 1. The second-order valence-electron chi connectivity index (χ2n) is 6.38. The van der Waals surface area contributed by atoms with Crippen LogP contribution in [0.5, 0.6) is 0 Å². The first-order chi connectivity index (χ1) is 13.6. The Morgan fingerprint density at radius 2 is 1.71 bits per heavy atom. The summed E-state index contributed by atoms with van der Waals surface area (Å²) in [7, 11) is 0. The van der Waals surface area contributed by atoms with E-state index in [9.17, 15) is 0 Å². The fourth-order valence-electron chi connectivity index (χ4n) is 2.98. The van der Waals surface area contributed by atoms with Crippen LogP contribution in [0.4, 0.5) is 0 Å². The van der Waals surface area contributed by atoms with Gasteiger partial charge in [0.05, 0.1) is 11.4 Å². The van der Waals surface area contributed by atoms with Crippen LogP contribution in [0.2, 0.25) is 0 Å². The highest BCUT2D eigenvalue weighted by Crippen LogP contribution is 2.32. The molecule has 0 fully saturated rings. The Kier molecular flexibility index (Phi) is 4.06. The third-order valence-corrected chi connectivity index (χ3v) is 6.10. The molecular weight excluding hydrogens is 438 g/mol. The lowest BCUT2D eigenvalue weighted by Gasteiger charge is -2.03. The number of nitrogens with zero attached hydrogens (tertiary/aromatic N) is 7. The molecule has 0 N–H and O–H groups in total. The van der Waals surface area contributed by atoms with Crippen LogP contribution in [0.1, 0.15) is 11.3 Å². The topological polar surface area (TPSA) is 73.8 Å². The van der Waals surface area contributed by atoms with Gasteiger partial charge in [-0.15, -0.1) is 15.3 Å². The molecule has 0 aliphatic heterocycles. The van der Waals surface area contributed by atoms with Gasteiger partial charge in [-0.3, -0.25) is 0 Å². The monoisotopic (exact) mass is 451 g/mol. The van der Waals surface area contributed by atoms with Crippen molar-refractivity contribution in [3.8, 4) is 27.8 Å². The molecule has 0 amide bonds. The zero-order valence-corrected chi connectivity index (χ0v) is 17.4. The summed E-state index contributed by atoms with van der Waals surface area (Å²) < 4.78 is 4.52. The molecule has 28 heavy (non-hydrogen) atoms. The van der Waals surface area contributed by atoms with Crippen LogP contribution in [-0.4, -0.2) is 34.8 Å². The minimum atomic E-state index is 0.584. The highest BCUT2D eigenvalue weighted by atomic mass is 79.9. The molecule has 0 unspecified atom stereocenters. The highest BCUT2D eigenvalue weighted by molar-refractivity contribution is 9.10. The Hall–Kier alpha value is -2.91. The third kappa shape index (κ3) is 2.74. The lowest BCUT2D eigenvalue weighted by atomic mass is 10.2. The quantitative estimate of drug-likeness (QED) is 0.404. The van der Waals surface area contributed by atoms with Gasteiger partial charge in [0.1, 0.15) is 5.01 Å². The maximum absolute atomic E-state index is 4.72. The van der Waals surface area contributed by atoms with Crippen molar-refractivity contribution in [2.24, 2.45) is 0 Å². The number of benzene rings is 2. The Morgan fingerprint density at radius 3 is 2.50 bits per heavy atom. The maximum atomic E-state index is 4.72. The highest BCUT2D eigenvalue weighted by Gasteiger charge is 2.21. The summed E-state index contributed by atoms with van der Waals surface area (Å²) >= 11 is 5.07. The van der Waals surface area contributed by atoms with Gasteiger partial charge < -0.3 is 0 Å². The van der Waals surface area contributed by atoms with E-state index in [2.05, 4.69) is 55.5 Å². The van der Waals surface area contributed by atoms with Crippen molar-refractivity contribution in [1.29, 1.82) is 0 Å². The molecular formula is C19H14BrN7S. The van der Waals surface area contributed by atoms with Gasteiger partial charge in [0, 0.05) is 10.0 Å². The normalized spacial score (nSPS) is 11.4. The van der Waals surface area contributed by atoms with E-state index < -0.39 is 0 Å². The molecule has 3 aromatic heterocycles. The zero-order chi connectivity index (χ0) is 19.3. The van der Waals surface area contributed by atoms with Gasteiger partial charge >= 0.3 is 0 Å². The van der Waals surface area contributed by atoms with Crippen LogP contribution in [0.25, 0.3) is 32.7 Å². The summed E-state index contributed by atoms with van der Waals surface area (Å²) in [4.78, 5) is 0.713. The van der Waals surface area contributed by atoms with Gasteiger partial charge in [-0.05, 0) is 32.0 Å². The van der Waals surface area contributed by atoms with E-state index in [-0.39, 0.29) is 0 Å². The standard InChI is InChI=1S/C19H14BrN7S/c1-11-7-9-13(10-8-11)26-12(2)16(21-25-26)17-22-23-19-27(17)24-18(28-19)14-5-3-4-6-15(14)20/h3-10H,1-2H3. The van der Waals surface area contributed by atoms with Crippen LogP contribution in [0, 0.1) is 13.8 Å². The molecule has 9 heteroatoms. The fourth-order valence-corrected chi connectivity index (χ4v) is 4.46. The van der Waals surface area contributed by atoms with Crippen molar-refractivity contribution < 1.29 is 0 Å². The number of fused-ring (bicyclic) bond motifs is 1. The summed E-state index contributed by atoms with van der Waals surface area (Å²) in [5.74, 6) is 0.584. The van der Waals surface area contributed by atoms with Crippen molar-refractivity contribution in [2.45, 2.75) is 13.8 Å². The van der Waals surface area contributed by atoms with Crippen molar-refractivity contribution in [3.05, 3.63) is 64.3 Å². The Balaban J connectivity index is 1.61. The van der Waals surface area contributed by atoms with E-state index in [1.54, 1.807) is 9.20 Å². The summed E-state index contributed by atoms with van der Waals surface area (Å²) in [6.45, 7) is 4.03. The van der Waals surface area contributed by atoms with E-state index in [0.29, 0.717) is 16.5 Å². The first-order valence-corrected chi connectivity index (χ1v) is 10.2. The van der Waals surface area contributed by atoms with Crippen LogP contribution in [-0.2, 0) is 0 Å². The number of halogens is 1. The van der Waals surface area contributed by atoms with E-state index in [4.69, 9.17) is 5.10 Å². The second kappa shape index (κ2) is 6.61. The fraction of sp³-hybridized carbons (Fsp3) is 0.105. The SMILES string of the molecule is Cc1ccc(-n2nnc(-c3nnc4sc(-c5ccccc5Br)nn34)c2C)cc1.